The minimum atomic E-state index is -3.88. The number of rotatable bonds is 4. The summed E-state index contributed by atoms with van der Waals surface area (Å²) >= 11 is 0. The molecule has 0 aliphatic carbocycles. The highest BCUT2D eigenvalue weighted by Crippen LogP contribution is 2.62. The molecule has 0 radical (unpaired) electrons. The number of carbonyl (C=O) groups is 2. The first-order chi connectivity index (χ1) is 9.92. The summed E-state index contributed by atoms with van der Waals surface area (Å²) in [5.74, 6) is -1.69. The molecule has 1 saturated heterocycles. The van der Waals surface area contributed by atoms with Crippen molar-refractivity contribution in [3.8, 4) is 0 Å². The van der Waals surface area contributed by atoms with Gasteiger partial charge in [-0.2, -0.15) is 0 Å². The fraction of sp³-hybridized carbons (Fsp3) is 0.385. The van der Waals surface area contributed by atoms with Gasteiger partial charge in [-0.1, -0.05) is 30.3 Å². The van der Waals surface area contributed by atoms with Gasteiger partial charge in [0.1, 0.15) is 0 Å². The van der Waals surface area contributed by atoms with Crippen molar-refractivity contribution in [3.05, 3.63) is 35.9 Å². The van der Waals surface area contributed by atoms with Crippen LogP contribution in [-0.4, -0.2) is 37.3 Å². The maximum absolute atomic E-state index is 12.6. The predicted molar refractivity (Wildman–Crippen MR) is 73.2 cm³/mol. The quantitative estimate of drug-likeness (QED) is 0.478. The number of amides is 1. The summed E-state index contributed by atoms with van der Waals surface area (Å²) in [5.41, 5.74) is -1.85. The summed E-state index contributed by atoms with van der Waals surface area (Å²) in [7, 11) is -1.47. The first-order valence-electron chi connectivity index (χ1n) is 6.30. The molecular weight excluding hydrogens is 297 g/mol. The molecule has 0 unspecified atom stereocenters. The highest BCUT2D eigenvalue weighted by Gasteiger charge is 2.65. The number of hydrogen-bond acceptors (Lipinski definition) is 6. The third kappa shape index (κ3) is 2.27. The van der Waals surface area contributed by atoms with Crippen LogP contribution in [0.1, 0.15) is 12.5 Å². The van der Waals surface area contributed by atoms with Crippen molar-refractivity contribution in [2.24, 2.45) is 0 Å². The van der Waals surface area contributed by atoms with Gasteiger partial charge in [0.25, 0.3) is 11.5 Å². The van der Waals surface area contributed by atoms with Crippen molar-refractivity contribution in [2.45, 2.75) is 12.5 Å². The summed E-state index contributed by atoms with van der Waals surface area (Å²) in [6, 6.07) is 8.08. The molecule has 2 rings (SSSR count). The van der Waals surface area contributed by atoms with Gasteiger partial charge in [0.2, 0.25) is 0 Å². The van der Waals surface area contributed by atoms with E-state index >= 15 is 0 Å². The third-order valence-electron chi connectivity index (χ3n) is 3.19. The lowest BCUT2D eigenvalue weighted by molar-refractivity contribution is -0.167. The number of esters is 1. The van der Waals surface area contributed by atoms with Crippen LogP contribution in [0.3, 0.4) is 0 Å². The monoisotopic (exact) mass is 313 g/mol. The van der Waals surface area contributed by atoms with Crippen LogP contribution in [0.15, 0.2) is 30.3 Å². The van der Waals surface area contributed by atoms with Crippen LogP contribution in [0.2, 0.25) is 0 Å². The maximum Gasteiger partial charge on any atom is 0.439 e. The predicted octanol–water partition coefficient (Wildman–Crippen LogP) is 1.69. The van der Waals surface area contributed by atoms with E-state index in [4.69, 9.17) is 13.8 Å². The number of hydrogen-bond donors (Lipinski definition) is 0. The van der Waals surface area contributed by atoms with Gasteiger partial charge in [-0.15, -0.1) is 0 Å². The maximum atomic E-state index is 12.6. The van der Waals surface area contributed by atoms with Crippen molar-refractivity contribution in [3.63, 3.8) is 0 Å². The third-order valence-corrected chi connectivity index (χ3v) is 5.07. The highest BCUT2D eigenvalue weighted by atomic mass is 31.2. The van der Waals surface area contributed by atoms with Crippen molar-refractivity contribution < 1.29 is 27.9 Å². The molecule has 8 heteroatoms. The lowest BCUT2D eigenvalue weighted by atomic mass is 9.93. The molecule has 1 amide bonds. The van der Waals surface area contributed by atoms with Crippen LogP contribution in [0.5, 0.6) is 0 Å². The molecule has 2 atom stereocenters. The molecule has 21 heavy (non-hydrogen) atoms. The molecular formula is C13H16NO6P. The Labute approximate surface area is 122 Å². The lowest BCUT2D eigenvalue weighted by Gasteiger charge is -2.23. The number of likely N-dealkylation sites (N-methyl/N-ethyl adjacent to an activating group) is 1. The average molecular weight is 313 g/mol. The Hall–Kier alpha value is -1.69. The smallest absolute Gasteiger partial charge is 0.439 e. The molecule has 1 aromatic rings. The van der Waals surface area contributed by atoms with E-state index in [1.807, 2.05) is 0 Å². The zero-order chi connectivity index (χ0) is 15.7. The van der Waals surface area contributed by atoms with Gasteiger partial charge in [0.15, 0.2) is 0 Å². The average Bonchev–Trinajstić information content (AvgIpc) is 2.71. The summed E-state index contributed by atoms with van der Waals surface area (Å²) < 4.78 is 28.4. The summed E-state index contributed by atoms with van der Waals surface area (Å²) in [6.45, 7) is 1.67. The Morgan fingerprint density at radius 1 is 1.38 bits per heavy atom. The SMILES string of the molecule is CCOC(=O)[C@@]1(c2ccccc2)O[P@@](=O)(OC)N(C)C1=O. The van der Waals surface area contributed by atoms with E-state index in [0.717, 1.165) is 11.8 Å². The Bertz CT molecular complexity index is 604. The standard InChI is InChI=1S/C13H16NO6P/c1-4-19-12(16)13(10-8-6-5-7-9-10)11(15)14(2)21(17,18-3)20-13/h5-9H,4H2,1-3H3/t13-,21-/m0/s1. The van der Waals surface area contributed by atoms with Crippen molar-refractivity contribution in [1.82, 2.24) is 4.67 Å². The van der Waals surface area contributed by atoms with E-state index in [-0.39, 0.29) is 12.2 Å². The van der Waals surface area contributed by atoms with E-state index in [0.29, 0.717) is 0 Å². The topological polar surface area (TPSA) is 82.1 Å². The molecule has 1 fully saturated rings. The minimum Gasteiger partial charge on any atom is -0.463 e. The van der Waals surface area contributed by atoms with Crippen molar-refractivity contribution in [1.29, 1.82) is 0 Å². The molecule has 1 aliphatic rings. The van der Waals surface area contributed by atoms with E-state index in [2.05, 4.69) is 0 Å². The van der Waals surface area contributed by atoms with Gasteiger partial charge in [0.05, 0.1) is 6.61 Å². The zero-order valence-electron chi connectivity index (χ0n) is 11.9. The molecule has 7 nitrogen and oxygen atoms in total. The van der Waals surface area contributed by atoms with Crippen LogP contribution in [-0.2, 0) is 33.5 Å². The number of benzene rings is 1. The molecule has 114 valence electrons. The molecule has 0 spiro atoms. The zero-order valence-corrected chi connectivity index (χ0v) is 12.8. The van der Waals surface area contributed by atoms with Crippen LogP contribution in [0.25, 0.3) is 0 Å². The first-order valence-corrected chi connectivity index (χ1v) is 7.80. The van der Waals surface area contributed by atoms with Gasteiger partial charge in [-0.25, -0.2) is 14.0 Å². The van der Waals surface area contributed by atoms with Crippen LogP contribution >= 0.6 is 7.75 Å². The van der Waals surface area contributed by atoms with Gasteiger partial charge in [-0.3, -0.25) is 13.8 Å². The van der Waals surface area contributed by atoms with E-state index < -0.39 is 25.2 Å². The second-order valence-electron chi connectivity index (χ2n) is 4.34. The van der Waals surface area contributed by atoms with E-state index in [1.54, 1.807) is 25.1 Å². The van der Waals surface area contributed by atoms with E-state index in [9.17, 15) is 14.2 Å². The Balaban J connectivity index is 2.62. The Morgan fingerprint density at radius 2 is 2.00 bits per heavy atom. The number of carbonyl (C=O) groups excluding carboxylic acids is 2. The molecule has 1 aliphatic heterocycles. The molecule has 1 aromatic carbocycles. The molecule has 1 heterocycles. The fourth-order valence-corrected chi connectivity index (χ4v) is 3.51. The van der Waals surface area contributed by atoms with Crippen LogP contribution in [0, 0.1) is 0 Å². The molecule has 0 saturated carbocycles. The largest absolute Gasteiger partial charge is 0.463 e. The Kier molecular flexibility index (Phi) is 4.18. The highest BCUT2D eigenvalue weighted by molar-refractivity contribution is 7.52. The Morgan fingerprint density at radius 3 is 2.48 bits per heavy atom. The van der Waals surface area contributed by atoms with Crippen LogP contribution in [0.4, 0.5) is 0 Å². The molecule has 0 aromatic heterocycles. The number of ether oxygens (including phenoxy) is 1. The van der Waals surface area contributed by atoms with Crippen molar-refractivity contribution in [2.75, 3.05) is 20.8 Å². The fourth-order valence-electron chi connectivity index (χ4n) is 2.10. The van der Waals surface area contributed by atoms with Gasteiger partial charge < -0.3 is 4.74 Å². The normalized spacial score (nSPS) is 28.7. The second-order valence-corrected chi connectivity index (χ2v) is 6.42. The summed E-state index contributed by atoms with van der Waals surface area (Å²) in [4.78, 5) is 24.9. The molecule has 0 N–H and O–H groups in total. The van der Waals surface area contributed by atoms with Gasteiger partial charge in [0, 0.05) is 19.7 Å². The van der Waals surface area contributed by atoms with Crippen LogP contribution < -0.4 is 0 Å². The van der Waals surface area contributed by atoms with Gasteiger partial charge >= 0.3 is 13.7 Å². The van der Waals surface area contributed by atoms with Gasteiger partial charge in [-0.05, 0) is 6.92 Å². The minimum absolute atomic E-state index is 0.0606. The number of nitrogens with zero attached hydrogens (tertiary/aromatic N) is 1. The second kappa shape index (κ2) is 5.60. The summed E-state index contributed by atoms with van der Waals surface area (Å²) in [5, 5.41) is 0. The van der Waals surface area contributed by atoms with Crippen molar-refractivity contribution >= 4 is 19.6 Å². The van der Waals surface area contributed by atoms with E-state index in [1.165, 1.54) is 19.2 Å². The lowest BCUT2D eigenvalue weighted by Crippen LogP contribution is -2.45. The molecule has 0 bridgehead atoms. The summed E-state index contributed by atoms with van der Waals surface area (Å²) in [6.07, 6.45) is 0. The first kappa shape index (κ1) is 15.7.